The molecule has 1 rings (SSSR count). The third kappa shape index (κ3) is 4.62. The molecule has 9 heteroatoms. The van der Waals surface area contributed by atoms with Gasteiger partial charge in [0.15, 0.2) is 16.8 Å². The maximum Gasteiger partial charge on any atom is 0.316 e. The van der Waals surface area contributed by atoms with Crippen molar-refractivity contribution in [1.82, 2.24) is 4.98 Å². The highest BCUT2D eigenvalue weighted by Gasteiger charge is 2.33. The maximum atomic E-state index is 13.8. The summed E-state index contributed by atoms with van der Waals surface area (Å²) in [4.78, 5) is 38.7. The largest absolute Gasteiger partial charge is 0.481 e. The molecule has 1 atom stereocenters. The molecule has 1 aromatic rings. The minimum atomic E-state index is -1.41. The Morgan fingerprint density at radius 2 is 1.91 bits per heavy atom. The zero-order valence-electron chi connectivity index (χ0n) is 12.4. The van der Waals surface area contributed by atoms with Crippen molar-refractivity contribution in [3.05, 3.63) is 27.3 Å². The van der Waals surface area contributed by atoms with Crippen LogP contribution in [0.4, 0.5) is 4.39 Å². The second-order valence-corrected chi connectivity index (χ2v) is 5.32. The lowest BCUT2D eigenvalue weighted by Gasteiger charge is -2.16. The van der Waals surface area contributed by atoms with Gasteiger partial charge in [0.05, 0.1) is 12.2 Å². The standard InChI is InChI=1S/C14H14Cl2FNO5/c1-3-23-14(22)7(4-5-8(19)20)11(21)9-6(2)10(17)13(16)18-12(9)15/h7H,3-5H2,1-2H3,(H,19,20). The highest BCUT2D eigenvalue weighted by atomic mass is 35.5. The number of Topliss-reactive ketones (excluding diaryl/α,β-unsaturated/α-hetero) is 1. The smallest absolute Gasteiger partial charge is 0.316 e. The van der Waals surface area contributed by atoms with E-state index in [1.54, 1.807) is 6.92 Å². The second-order valence-electron chi connectivity index (χ2n) is 4.61. The van der Waals surface area contributed by atoms with Gasteiger partial charge < -0.3 is 9.84 Å². The lowest BCUT2D eigenvalue weighted by Crippen LogP contribution is -2.28. The Balaban J connectivity index is 3.26. The van der Waals surface area contributed by atoms with Crippen molar-refractivity contribution in [2.75, 3.05) is 6.61 Å². The molecule has 0 saturated carbocycles. The van der Waals surface area contributed by atoms with Crippen molar-refractivity contribution in [2.24, 2.45) is 5.92 Å². The summed E-state index contributed by atoms with van der Waals surface area (Å²) in [6.45, 7) is 2.81. The van der Waals surface area contributed by atoms with Crippen LogP contribution in [-0.2, 0) is 14.3 Å². The number of hydrogen-bond acceptors (Lipinski definition) is 5. The van der Waals surface area contributed by atoms with Crippen molar-refractivity contribution >= 4 is 40.9 Å². The molecule has 0 aliphatic carbocycles. The first-order valence-corrected chi connectivity index (χ1v) is 7.40. The van der Waals surface area contributed by atoms with Crippen LogP contribution < -0.4 is 0 Å². The number of carboxylic acids is 1. The summed E-state index contributed by atoms with van der Waals surface area (Å²) < 4.78 is 18.6. The van der Waals surface area contributed by atoms with Crippen LogP contribution >= 0.6 is 23.2 Å². The Bertz CT molecular complexity index is 651. The Morgan fingerprint density at radius 3 is 2.43 bits per heavy atom. The molecule has 0 bridgehead atoms. The molecule has 126 valence electrons. The van der Waals surface area contributed by atoms with Crippen LogP contribution in [0.2, 0.25) is 10.3 Å². The van der Waals surface area contributed by atoms with Crippen molar-refractivity contribution in [2.45, 2.75) is 26.7 Å². The molecular formula is C14H14Cl2FNO5. The topological polar surface area (TPSA) is 93.6 Å². The number of rotatable bonds is 7. The van der Waals surface area contributed by atoms with E-state index < -0.39 is 41.0 Å². The van der Waals surface area contributed by atoms with E-state index in [-0.39, 0.29) is 29.3 Å². The van der Waals surface area contributed by atoms with E-state index in [1.807, 2.05) is 0 Å². The maximum absolute atomic E-state index is 13.8. The van der Waals surface area contributed by atoms with E-state index in [4.69, 9.17) is 33.0 Å². The average molecular weight is 366 g/mol. The molecule has 1 aromatic heterocycles. The van der Waals surface area contributed by atoms with Gasteiger partial charge in [0, 0.05) is 12.0 Å². The number of ketones is 1. The highest BCUT2D eigenvalue weighted by molar-refractivity contribution is 6.35. The van der Waals surface area contributed by atoms with Gasteiger partial charge in [-0.15, -0.1) is 0 Å². The van der Waals surface area contributed by atoms with E-state index in [1.165, 1.54) is 6.92 Å². The summed E-state index contributed by atoms with van der Waals surface area (Å²) in [7, 11) is 0. The van der Waals surface area contributed by atoms with E-state index in [9.17, 15) is 18.8 Å². The number of pyridine rings is 1. The van der Waals surface area contributed by atoms with Crippen LogP contribution in [0.25, 0.3) is 0 Å². The van der Waals surface area contributed by atoms with Gasteiger partial charge in [-0.25, -0.2) is 9.37 Å². The van der Waals surface area contributed by atoms with Gasteiger partial charge in [-0.2, -0.15) is 0 Å². The van der Waals surface area contributed by atoms with Gasteiger partial charge in [-0.05, 0) is 20.3 Å². The third-order valence-electron chi connectivity index (χ3n) is 3.07. The van der Waals surface area contributed by atoms with Gasteiger partial charge in [-0.3, -0.25) is 14.4 Å². The normalized spacial score (nSPS) is 11.9. The zero-order chi connectivity index (χ0) is 17.7. The molecule has 0 radical (unpaired) electrons. The fraction of sp³-hybridized carbons (Fsp3) is 0.429. The van der Waals surface area contributed by atoms with E-state index in [0.29, 0.717) is 0 Å². The molecule has 1 N–H and O–H groups in total. The van der Waals surface area contributed by atoms with E-state index in [0.717, 1.165) is 0 Å². The summed E-state index contributed by atoms with van der Waals surface area (Å²) in [6.07, 6.45) is -0.734. The molecule has 6 nitrogen and oxygen atoms in total. The Kier molecular flexibility index (Phi) is 6.90. The van der Waals surface area contributed by atoms with Crippen LogP contribution in [-0.4, -0.2) is 34.4 Å². The lowest BCUT2D eigenvalue weighted by molar-refractivity contribution is -0.146. The van der Waals surface area contributed by atoms with Crippen LogP contribution in [0.15, 0.2) is 0 Å². The van der Waals surface area contributed by atoms with Crippen LogP contribution in [0.3, 0.4) is 0 Å². The summed E-state index contributed by atoms with van der Waals surface area (Å²) >= 11 is 11.4. The molecule has 0 aliphatic heterocycles. The number of carboxylic acid groups (broad SMARTS) is 1. The fourth-order valence-electron chi connectivity index (χ4n) is 1.94. The van der Waals surface area contributed by atoms with Gasteiger partial charge >= 0.3 is 11.9 Å². The number of aromatic nitrogens is 1. The first kappa shape index (κ1) is 19.3. The molecule has 1 heterocycles. The molecule has 1 unspecified atom stereocenters. The third-order valence-corrected chi connectivity index (χ3v) is 3.59. The first-order valence-electron chi connectivity index (χ1n) is 6.64. The SMILES string of the molecule is CCOC(=O)C(CCC(=O)O)C(=O)c1c(Cl)nc(Cl)c(F)c1C. The Morgan fingerprint density at radius 1 is 1.30 bits per heavy atom. The summed E-state index contributed by atoms with van der Waals surface area (Å²) in [5.74, 6) is -5.28. The predicted molar refractivity (Wildman–Crippen MR) is 80.3 cm³/mol. The number of aliphatic carboxylic acids is 1. The van der Waals surface area contributed by atoms with E-state index in [2.05, 4.69) is 4.98 Å². The molecular weight excluding hydrogens is 352 g/mol. The minimum absolute atomic E-state index is 0.00955. The molecule has 23 heavy (non-hydrogen) atoms. The molecule has 0 amide bonds. The van der Waals surface area contributed by atoms with Crippen molar-refractivity contribution in [3.8, 4) is 0 Å². The lowest BCUT2D eigenvalue weighted by atomic mass is 9.92. The van der Waals surface area contributed by atoms with Crippen molar-refractivity contribution in [3.63, 3.8) is 0 Å². The van der Waals surface area contributed by atoms with Crippen molar-refractivity contribution < 1.29 is 28.6 Å². The first-order chi connectivity index (χ1) is 10.7. The number of halogens is 3. The quantitative estimate of drug-likeness (QED) is 0.345. The number of nitrogens with zero attached hydrogens (tertiary/aromatic N) is 1. The van der Waals surface area contributed by atoms with Gasteiger partial charge in [0.2, 0.25) is 0 Å². The Hall–Kier alpha value is -1.73. The monoisotopic (exact) mass is 365 g/mol. The molecule has 0 aliphatic rings. The van der Waals surface area contributed by atoms with Crippen molar-refractivity contribution in [1.29, 1.82) is 0 Å². The Labute approximate surface area is 141 Å². The molecule has 0 aromatic carbocycles. The second kappa shape index (κ2) is 8.21. The average Bonchev–Trinajstić information content (AvgIpc) is 2.45. The van der Waals surface area contributed by atoms with Gasteiger partial charge in [0.25, 0.3) is 0 Å². The molecule has 0 spiro atoms. The highest BCUT2D eigenvalue weighted by Crippen LogP contribution is 2.29. The summed E-state index contributed by atoms with van der Waals surface area (Å²) in [5, 5.41) is 7.88. The number of carbonyl (C=O) groups is 3. The van der Waals surface area contributed by atoms with Crippen LogP contribution in [0, 0.1) is 18.7 Å². The van der Waals surface area contributed by atoms with Crippen LogP contribution in [0.1, 0.15) is 35.7 Å². The molecule has 0 saturated heterocycles. The zero-order valence-corrected chi connectivity index (χ0v) is 13.9. The summed E-state index contributed by atoms with van der Waals surface area (Å²) in [6, 6.07) is 0. The van der Waals surface area contributed by atoms with Crippen LogP contribution in [0.5, 0.6) is 0 Å². The number of ether oxygens (including phenoxy) is 1. The molecule has 0 fully saturated rings. The number of carbonyl (C=O) groups excluding carboxylic acids is 2. The van der Waals surface area contributed by atoms with Gasteiger partial charge in [-0.1, -0.05) is 23.2 Å². The van der Waals surface area contributed by atoms with E-state index >= 15 is 0 Å². The number of esters is 1. The summed E-state index contributed by atoms with van der Waals surface area (Å²) in [5.41, 5.74) is -0.471. The predicted octanol–water partition coefficient (Wildman–Crippen LogP) is 3.06. The fourth-order valence-corrected chi connectivity index (χ4v) is 2.53. The number of hydrogen-bond donors (Lipinski definition) is 1. The van der Waals surface area contributed by atoms with Gasteiger partial charge in [0.1, 0.15) is 11.1 Å². The minimum Gasteiger partial charge on any atom is -0.481 e.